The fourth-order valence-electron chi connectivity index (χ4n) is 3.87. The molecule has 2 amide bonds. The highest BCUT2D eigenvalue weighted by molar-refractivity contribution is 5.96. The second-order valence-corrected chi connectivity index (χ2v) is 8.09. The van der Waals surface area contributed by atoms with E-state index in [1.165, 1.54) is 35.2 Å². The number of piperazine rings is 1. The van der Waals surface area contributed by atoms with E-state index in [4.69, 9.17) is 4.52 Å². The first-order valence-corrected chi connectivity index (χ1v) is 11.0. The number of benzene rings is 2. The van der Waals surface area contributed by atoms with Crippen molar-refractivity contribution in [2.75, 3.05) is 26.2 Å². The molecule has 0 spiro atoms. The Morgan fingerprint density at radius 3 is 2.29 bits per heavy atom. The Balaban J connectivity index is 1.25. The van der Waals surface area contributed by atoms with E-state index in [-0.39, 0.29) is 49.9 Å². The Bertz CT molecular complexity index is 1190. The number of alkyl halides is 3. The zero-order valence-corrected chi connectivity index (χ0v) is 18.6. The molecule has 0 bridgehead atoms. The highest BCUT2D eigenvalue weighted by atomic mass is 19.4. The summed E-state index contributed by atoms with van der Waals surface area (Å²) in [6.07, 6.45) is -3.56. The molecule has 0 atom stereocenters. The van der Waals surface area contributed by atoms with Crippen LogP contribution in [-0.4, -0.2) is 57.9 Å². The predicted molar refractivity (Wildman–Crippen MR) is 117 cm³/mol. The van der Waals surface area contributed by atoms with Gasteiger partial charge in [-0.15, -0.1) is 0 Å². The quantitative estimate of drug-likeness (QED) is 0.484. The average Bonchev–Trinajstić information content (AvgIpc) is 3.32. The lowest BCUT2D eigenvalue weighted by molar-refractivity contribution is -0.138. The van der Waals surface area contributed by atoms with Crippen molar-refractivity contribution in [1.29, 1.82) is 0 Å². The zero-order chi connectivity index (χ0) is 25.0. The van der Waals surface area contributed by atoms with E-state index in [1.54, 1.807) is 17.0 Å². The van der Waals surface area contributed by atoms with E-state index in [0.29, 0.717) is 30.1 Å². The van der Waals surface area contributed by atoms with Gasteiger partial charge in [0.25, 0.3) is 5.91 Å². The fraction of sp³-hybridized carbons (Fsp3) is 0.333. The van der Waals surface area contributed by atoms with Gasteiger partial charge in [0.15, 0.2) is 0 Å². The molecule has 3 aromatic rings. The maximum Gasteiger partial charge on any atom is 0.417 e. The number of carbonyl (C=O) groups is 2. The fourth-order valence-corrected chi connectivity index (χ4v) is 3.87. The van der Waals surface area contributed by atoms with E-state index in [9.17, 15) is 27.2 Å². The molecule has 0 aliphatic carbocycles. The molecule has 1 aromatic heterocycles. The summed E-state index contributed by atoms with van der Waals surface area (Å²) in [5, 5.41) is 3.86. The molecule has 35 heavy (non-hydrogen) atoms. The summed E-state index contributed by atoms with van der Waals surface area (Å²) in [4.78, 5) is 32.4. The number of rotatable bonds is 6. The molecule has 0 saturated carbocycles. The van der Waals surface area contributed by atoms with Crippen molar-refractivity contribution in [2.24, 2.45) is 0 Å². The first kappa shape index (κ1) is 24.4. The van der Waals surface area contributed by atoms with Gasteiger partial charge in [0.2, 0.25) is 17.6 Å². The van der Waals surface area contributed by atoms with E-state index in [2.05, 4.69) is 10.1 Å². The van der Waals surface area contributed by atoms with E-state index in [1.807, 2.05) is 0 Å². The van der Waals surface area contributed by atoms with Gasteiger partial charge in [0.05, 0.1) is 11.1 Å². The van der Waals surface area contributed by atoms with Gasteiger partial charge in [-0.25, -0.2) is 4.39 Å². The minimum Gasteiger partial charge on any atom is -0.339 e. The summed E-state index contributed by atoms with van der Waals surface area (Å²) in [6.45, 7) is 0.797. The molecule has 1 saturated heterocycles. The third-order valence-corrected chi connectivity index (χ3v) is 5.73. The molecule has 1 fully saturated rings. The largest absolute Gasteiger partial charge is 0.417 e. The maximum atomic E-state index is 13.2. The Hall–Kier alpha value is -3.76. The highest BCUT2D eigenvalue weighted by Crippen LogP contribution is 2.32. The van der Waals surface area contributed by atoms with Gasteiger partial charge in [-0.3, -0.25) is 9.59 Å². The van der Waals surface area contributed by atoms with Crippen LogP contribution in [0.2, 0.25) is 0 Å². The third-order valence-electron chi connectivity index (χ3n) is 5.73. The van der Waals surface area contributed by atoms with Crippen LogP contribution in [0.4, 0.5) is 17.6 Å². The monoisotopic (exact) mass is 490 g/mol. The molecule has 2 heterocycles. The molecule has 0 unspecified atom stereocenters. The lowest BCUT2D eigenvalue weighted by Gasteiger charge is -2.35. The van der Waals surface area contributed by atoms with Crippen molar-refractivity contribution in [3.63, 3.8) is 0 Å². The van der Waals surface area contributed by atoms with E-state index in [0.717, 1.165) is 6.07 Å². The van der Waals surface area contributed by atoms with Crippen LogP contribution in [0.1, 0.15) is 34.7 Å². The summed E-state index contributed by atoms with van der Waals surface area (Å²) in [5.41, 5.74) is -0.741. The Morgan fingerprint density at radius 2 is 1.60 bits per heavy atom. The van der Waals surface area contributed by atoms with Crippen LogP contribution in [0.3, 0.4) is 0 Å². The van der Waals surface area contributed by atoms with Crippen LogP contribution in [0.25, 0.3) is 11.4 Å². The van der Waals surface area contributed by atoms with Crippen molar-refractivity contribution in [2.45, 2.75) is 25.4 Å². The normalized spacial score (nSPS) is 14.3. The van der Waals surface area contributed by atoms with Crippen molar-refractivity contribution in [1.82, 2.24) is 19.9 Å². The number of hydrogen-bond acceptors (Lipinski definition) is 5. The number of aromatic nitrogens is 2. The second kappa shape index (κ2) is 10.2. The molecule has 2 aromatic carbocycles. The molecule has 11 heteroatoms. The minimum absolute atomic E-state index is 0.119. The zero-order valence-electron chi connectivity index (χ0n) is 18.6. The van der Waals surface area contributed by atoms with Crippen LogP contribution in [0.5, 0.6) is 0 Å². The molecule has 0 N–H and O–H groups in total. The Morgan fingerprint density at radius 1 is 0.943 bits per heavy atom. The maximum absolute atomic E-state index is 13.2. The second-order valence-electron chi connectivity index (χ2n) is 8.09. The van der Waals surface area contributed by atoms with Gasteiger partial charge in [-0.1, -0.05) is 17.3 Å². The van der Waals surface area contributed by atoms with Crippen LogP contribution in [0, 0.1) is 5.82 Å². The lowest BCUT2D eigenvalue weighted by atomic mass is 10.1. The van der Waals surface area contributed by atoms with Crippen molar-refractivity contribution in [3.05, 3.63) is 71.4 Å². The molecule has 1 aliphatic rings. The van der Waals surface area contributed by atoms with Crippen LogP contribution in [-0.2, 0) is 17.4 Å². The smallest absolute Gasteiger partial charge is 0.339 e. The molecular weight excluding hydrogens is 468 g/mol. The number of hydrogen-bond donors (Lipinski definition) is 0. The lowest BCUT2D eigenvalue weighted by Crippen LogP contribution is -2.50. The van der Waals surface area contributed by atoms with Gasteiger partial charge in [-0.2, -0.15) is 18.2 Å². The van der Waals surface area contributed by atoms with Gasteiger partial charge in [-0.05, 0) is 42.8 Å². The number of halogens is 4. The first-order valence-electron chi connectivity index (χ1n) is 11.0. The van der Waals surface area contributed by atoms with Crippen LogP contribution >= 0.6 is 0 Å². The summed E-state index contributed by atoms with van der Waals surface area (Å²) in [6, 6.07) is 10.4. The minimum atomic E-state index is -4.62. The first-order chi connectivity index (χ1) is 16.7. The van der Waals surface area contributed by atoms with E-state index >= 15 is 0 Å². The molecule has 7 nitrogen and oxygen atoms in total. The Kier molecular flexibility index (Phi) is 7.13. The summed E-state index contributed by atoms with van der Waals surface area (Å²) < 4.78 is 57.9. The standard InChI is InChI=1S/C24H22F4N4O3/c25-17-10-8-16(9-11-17)22-29-20(35-30-22)6-3-7-21(33)31-12-14-32(15-13-31)23(34)18-4-1-2-5-19(18)24(26,27)28/h1-2,4-5,8-11H,3,6-7,12-15H2. The SMILES string of the molecule is O=C(CCCc1nc(-c2ccc(F)cc2)no1)N1CCN(C(=O)c2ccccc2C(F)(F)F)CC1. The number of aryl methyl sites for hydroxylation is 1. The molecule has 184 valence electrons. The van der Waals surface area contributed by atoms with Crippen LogP contribution < -0.4 is 0 Å². The predicted octanol–water partition coefficient (Wildman–Crippen LogP) is 4.20. The average molecular weight is 490 g/mol. The number of carbonyl (C=O) groups excluding carboxylic acids is 2. The van der Waals surface area contributed by atoms with Gasteiger partial charge >= 0.3 is 6.18 Å². The highest BCUT2D eigenvalue weighted by Gasteiger charge is 2.36. The Labute approximate surface area is 198 Å². The van der Waals surface area contributed by atoms with Gasteiger partial charge in [0, 0.05) is 44.6 Å². The van der Waals surface area contributed by atoms with Crippen LogP contribution in [0.15, 0.2) is 53.1 Å². The summed E-state index contributed by atoms with van der Waals surface area (Å²) in [5.74, 6) is -0.494. The number of amides is 2. The van der Waals surface area contributed by atoms with Gasteiger partial charge < -0.3 is 14.3 Å². The molecule has 1 aliphatic heterocycles. The van der Waals surface area contributed by atoms with Crippen molar-refractivity contribution < 1.29 is 31.7 Å². The van der Waals surface area contributed by atoms with Gasteiger partial charge in [0.1, 0.15) is 5.82 Å². The third kappa shape index (κ3) is 5.84. The molecule has 0 radical (unpaired) electrons. The number of nitrogens with zero attached hydrogens (tertiary/aromatic N) is 4. The summed E-state index contributed by atoms with van der Waals surface area (Å²) in [7, 11) is 0. The van der Waals surface area contributed by atoms with E-state index < -0.39 is 17.6 Å². The molecule has 4 rings (SSSR count). The topological polar surface area (TPSA) is 79.5 Å². The van der Waals surface area contributed by atoms with Crippen molar-refractivity contribution >= 4 is 11.8 Å². The molecular formula is C24H22F4N4O3. The van der Waals surface area contributed by atoms with Crippen molar-refractivity contribution in [3.8, 4) is 11.4 Å². The summed E-state index contributed by atoms with van der Waals surface area (Å²) >= 11 is 0.